The summed E-state index contributed by atoms with van der Waals surface area (Å²) >= 11 is 0. The third kappa shape index (κ3) is 7.74. The Hall–Kier alpha value is -2.83. The Balaban J connectivity index is 1.39. The number of rotatable bonds is 9. The molecule has 0 bridgehead atoms. The van der Waals surface area contributed by atoms with Crippen LogP contribution in [-0.4, -0.2) is 75.8 Å². The van der Waals surface area contributed by atoms with Crippen molar-refractivity contribution >= 4 is 17.7 Å². The normalized spacial score (nSPS) is 15.4. The van der Waals surface area contributed by atoms with E-state index in [1.807, 2.05) is 13.1 Å². The van der Waals surface area contributed by atoms with E-state index in [2.05, 4.69) is 86.1 Å². The number of hydrogen-bond donors (Lipinski definition) is 2. The van der Waals surface area contributed by atoms with Crippen molar-refractivity contribution < 1.29 is 4.74 Å². The average Bonchev–Trinajstić information content (AvgIpc) is 2.82. The van der Waals surface area contributed by atoms with Crippen molar-refractivity contribution in [3.05, 3.63) is 71.8 Å². The van der Waals surface area contributed by atoms with Crippen LogP contribution in [0, 0.1) is 0 Å². The fourth-order valence-electron chi connectivity index (χ4n) is 3.60. The summed E-state index contributed by atoms with van der Waals surface area (Å²) < 4.78 is 5.07. The lowest BCUT2D eigenvalue weighted by molar-refractivity contribution is 0.194. The SMILES string of the molecule is CN=C(NCc1ccc(NCCOC)cc1)N1CCN(C/C=C/c2ccccc2)CC1. The van der Waals surface area contributed by atoms with Crippen molar-refractivity contribution in [3.8, 4) is 0 Å². The van der Waals surface area contributed by atoms with Gasteiger partial charge >= 0.3 is 0 Å². The highest BCUT2D eigenvalue weighted by Gasteiger charge is 2.18. The van der Waals surface area contributed by atoms with Crippen LogP contribution >= 0.6 is 0 Å². The third-order valence-corrected chi connectivity index (χ3v) is 5.40. The molecular weight excluding hydrogens is 386 g/mol. The first-order valence-corrected chi connectivity index (χ1v) is 11.0. The van der Waals surface area contributed by atoms with E-state index in [1.54, 1.807) is 7.11 Å². The van der Waals surface area contributed by atoms with Gasteiger partial charge in [-0.15, -0.1) is 0 Å². The molecule has 2 aromatic rings. The molecule has 2 N–H and O–H groups in total. The van der Waals surface area contributed by atoms with Gasteiger partial charge in [0.15, 0.2) is 5.96 Å². The molecule has 166 valence electrons. The van der Waals surface area contributed by atoms with Gasteiger partial charge in [0.25, 0.3) is 0 Å². The van der Waals surface area contributed by atoms with Gasteiger partial charge < -0.3 is 20.3 Å². The highest BCUT2D eigenvalue weighted by atomic mass is 16.5. The standard InChI is InChI=1S/C25H35N5O/c1-26-25(28-21-23-10-12-24(13-11-23)27-14-20-31-2)30-18-16-29(17-19-30)15-6-9-22-7-4-3-5-8-22/h3-13,27H,14-21H2,1-2H3,(H,26,28)/b9-6+. The van der Waals surface area contributed by atoms with E-state index in [-0.39, 0.29) is 0 Å². The lowest BCUT2D eigenvalue weighted by atomic mass is 10.2. The van der Waals surface area contributed by atoms with Gasteiger partial charge in [-0.25, -0.2) is 0 Å². The maximum atomic E-state index is 5.07. The monoisotopic (exact) mass is 421 g/mol. The molecule has 0 unspecified atom stereocenters. The van der Waals surface area contributed by atoms with Gasteiger partial charge in [-0.05, 0) is 23.3 Å². The van der Waals surface area contributed by atoms with Crippen LogP contribution < -0.4 is 10.6 Å². The van der Waals surface area contributed by atoms with Crippen LogP contribution in [-0.2, 0) is 11.3 Å². The quantitative estimate of drug-likeness (QED) is 0.370. The van der Waals surface area contributed by atoms with Crippen LogP contribution in [0.2, 0.25) is 0 Å². The minimum absolute atomic E-state index is 0.705. The molecule has 0 spiro atoms. The number of methoxy groups -OCH3 is 1. The second-order valence-corrected chi connectivity index (χ2v) is 7.62. The molecule has 1 heterocycles. The predicted molar refractivity (Wildman–Crippen MR) is 130 cm³/mol. The van der Waals surface area contributed by atoms with E-state index in [0.717, 1.165) is 57.5 Å². The summed E-state index contributed by atoms with van der Waals surface area (Å²) in [6.45, 7) is 7.33. The molecular formula is C25H35N5O. The molecule has 1 saturated heterocycles. The molecule has 6 nitrogen and oxygen atoms in total. The van der Waals surface area contributed by atoms with Gasteiger partial charge in [0, 0.05) is 65.7 Å². The number of hydrogen-bond acceptors (Lipinski definition) is 4. The Labute approximate surface area is 186 Å². The molecule has 2 aromatic carbocycles. The van der Waals surface area contributed by atoms with E-state index < -0.39 is 0 Å². The summed E-state index contributed by atoms with van der Waals surface area (Å²) in [5.41, 5.74) is 3.61. The van der Waals surface area contributed by atoms with Crippen molar-refractivity contribution in [1.82, 2.24) is 15.1 Å². The maximum absolute atomic E-state index is 5.07. The molecule has 0 aliphatic carbocycles. The molecule has 0 atom stereocenters. The van der Waals surface area contributed by atoms with Crippen LogP contribution in [0.25, 0.3) is 6.08 Å². The summed E-state index contributed by atoms with van der Waals surface area (Å²) in [7, 11) is 3.58. The smallest absolute Gasteiger partial charge is 0.194 e. The van der Waals surface area contributed by atoms with Gasteiger partial charge in [0.05, 0.1) is 6.61 Å². The van der Waals surface area contributed by atoms with Crippen molar-refractivity contribution in [1.29, 1.82) is 0 Å². The largest absolute Gasteiger partial charge is 0.383 e. The number of piperazine rings is 1. The van der Waals surface area contributed by atoms with Crippen LogP contribution in [0.3, 0.4) is 0 Å². The first-order valence-electron chi connectivity index (χ1n) is 11.0. The van der Waals surface area contributed by atoms with Gasteiger partial charge in [-0.2, -0.15) is 0 Å². The third-order valence-electron chi connectivity index (χ3n) is 5.40. The summed E-state index contributed by atoms with van der Waals surface area (Å²) in [4.78, 5) is 9.32. The van der Waals surface area contributed by atoms with Crippen LogP contribution in [0.5, 0.6) is 0 Å². The summed E-state index contributed by atoms with van der Waals surface area (Å²) in [5, 5.41) is 6.85. The molecule has 6 heteroatoms. The topological polar surface area (TPSA) is 52.1 Å². The van der Waals surface area contributed by atoms with Crippen LogP contribution in [0.15, 0.2) is 65.7 Å². The summed E-state index contributed by atoms with van der Waals surface area (Å²) in [6, 6.07) is 19.0. The number of nitrogens with zero attached hydrogens (tertiary/aromatic N) is 3. The highest BCUT2D eigenvalue weighted by Crippen LogP contribution is 2.10. The van der Waals surface area contributed by atoms with Crippen molar-refractivity contribution in [3.63, 3.8) is 0 Å². The number of anilines is 1. The summed E-state index contributed by atoms with van der Waals surface area (Å²) in [5.74, 6) is 0.974. The Morgan fingerprint density at radius 2 is 1.77 bits per heavy atom. The van der Waals surface area contributed by atoms with E-state index in [1.165, 1.54) is 11.1 Å². The Morgan fingerprint density at radius 3 is 2.45 bits per heavy atom. The van der Waals surface area contributed by atoms with Gasteiger partial charge in [0.1, 0.15) is 0 Å². The minimum Gasteiger partial charge on any atom is -0.383 e. The van der Waals surface area contributed by atoms with E-state index in [0.29, 0.717) is 6.61 Å². The molecule has 3 rings (SSSR count). The highest BCUT2D eigenvalue weighted by molar-refractivity contribution is 5.80. The fourth-order valence-corrected chi connectivity index (χ4v) is 3.60. The number of guanidine groups is 1. The Morgan fingerprint density at radius 1 is 1.03 bits per heavy atom. The zero-order valence-electron chi connectivity index (χ0n) is 18.8. The molecule has 1 aliphatic heterocycles. The first kappa shape index (κ1) is 22.8. The molecule has 0 amide bonds. The van der Waals surface area contributed by atoms with Crippen molar-refractivity contribution in [2.75, 3.05) is 65.3 Å². The number of nitrogens with one attached hydrogen (secondary N) is 2. The first-order chi connectivity index (χ1) is 15.3. The molecule has 1 fully saturated rings. The van der Waals surface area contributed by atoms with Gasteiger partial charge in [-0.3, -0.25) is 9.89 Å². The maximum Gasteiger partial charge on any atom is 0.194 e. The molecule has 0 saturated carbocycles. The second kappa shape index (κ2) is 12.8. The van der Waals surface area contributed by atoms with E-state index in [4.69, 9.17) is 4.74 Å². The number of aliphatic imine (C=N–C) groups is 1. The van der Waals surface area contributed by atoms with Crippen LogP contribution in [0.4, 0.5) is 5.69 Å². The zero-order chi connectivity index (χ0) is 21.7. The van der Waals surface area contributed by atoms with E-state index >= 15 is 0 Å². The lowest BCUT2D eigenvalue weighted by Gasteiger charge is -2.36. The van der Waals surface area contributed by atoms with Crippen molar-refractivity contribution in [2.24, 2.45) is 4.99 Å². The predicted octanol–water partition coefficient (Wildman–Crippen LogP) is 3.15. The minimum atomic E-state index is 0.705. The Kier molecular flexibility index (Phi) is 9.41. The fraction of sp³-hybridized carbons (Fsp3) is 0.400. The molecule has 0 aromatic heterocycles. The molecule has 0 radical (unpaired) electrons. The van der Waals surface area contributed by atoms with Crippen molar-refractivity contribution in [2.45, 2.75) is 6.54 Å². The molecule has 1 aliphatic rings. The lowest BCUT2D eigenvalue weighted by Crippen LogP contribution is -2.52. The Bertz CT molecular complexity index is 812. The number of ether oxygens (including phenoxy) is 1. The molecule has 31 heavy (non-hydrogen) atoms. The average molecular weight is 422 g/mol. The van der Waals surface area contributed by atoms with Gasteiger partial charge in [0.2, 0.25) is 0 Å². The van der Waals surface area contributed by atoms with Crippen LogP contribution in [0.1, 0.15) is 11.1 Å². The zero-order valence-corrected chi connectivity index (χ0v) is 18.8. The summed E-state index contributed by atoms with van der Waals surface area (Å²) in [6.07, 6.45) is 4.46. The number of benzene rings is 2. The van der Waals surface area contributed by atoms with Gasteiger partial charge in [-0.1, -0.05) is 54.6 Å². The van der Waals surface area contributed by atoms with E-state index in [9.17, 15) is 0 Å². The second-order valence-electron chi connectivity index (χ2n) is 7.62.